The van der Waals surface area contributed by atoms with E-state index in [1.807, 2.05) is 31.2 Å². The van der Waals surface area contributed by atoms with Crippen molar-refractivity contribution in [2.75, 3.05) is 10.6 Å². The Morgan fingerprint density at radius 2 is 2.10 bits per heavy atom. The van der Waals surface area contributed by atoms with Crippen LogP contribution in [-0.4, -0.2) is 11.9 Å². The van der Waals surface area contributed by atoms with Gasteiger partial charge in [-0.05, 0) is 36.2 Å². The van der Waals surface area contributed by atoms with Gasteiger partial charge in [0.1, 0.15) is 11.9 Å². The molecule has 0 fully saturated rings. The summed E-state index contributed by atoms with van der Waals surface area (Å²) in [6.07, 6.45) is 0.620. The molecule has 0 bridgehead atoms. The van der Waals surface area contributed by atoms with Crippen molar-refractivity contribution in [1.82, 2.24) is 0 Å². The van der Waals surface area contributed by atoms with Gasteiger partial charge in [-0.15, -0.1) is 0 Å². The third-order valence-electron chi connectivity index (χ3n) is 3.47. The summed E-state index contributed by atoms with van der Waals surface area (Å²) in [4.78, 5) is 12.2. The molecule has 0 saturated heterocycles. The van der Waals surface area contributed by atoms with Crippen molar-refractivity contribution in [2.24, 2.45) is 0 Å². The van der Waals surface area contributed by atoms with Crippen molar-refractivity contribution in [3.8, 4) is 0 Å². The summed E-state index contributed by atoms with van der Waals surface area (Å²) in [5, 5.41) is 5.81. The summed E-state index contributed by atoms with van der Waals surface area (Å²) in [7, 11) is 0. The first-order valence-electron chi connectivity index (χ1n) is 6.55. The fraction of sp³-hybridized carbons (Fsp3) is 0.188. The van der Waals surface area contributed by atoms with Gasteiger partial charge in [-0.25, -0.2) is 4.39 Å². The van der Waals surface area contributed by atoms with Gasteiger partial charge >= 0.3 is 0 Å². The summed E-state index contributed by atoms with van der Waals surface area (Å²) < 4.78 is 13.6. The molecule has 1 unspecified atom stereocenters. The van der Waals surface area contributed by atoms with Crippen molar-refractivity contribution in [3.63, 3.8) is 0 Å². The number of nitrogens with one attached hydrogen (secondary N) is 2. The third kappa shape index (κ3) is 2.37. The number of rotatable bonds is 2. The number of anilines is 2. The van der Waals surface area contributed by atoms with E-state index in [1.165, 1.54) is 6.07 Å². The molecule has 1 atom stereocenters. The minimum absolute atomic E-state index is 0.217. The molecule has 2 aromatic rings. The van der Waals surface area contributed by atoms with E-state index >= 15 is 0 Å². The number of fused-ring (bicyclic) bond motifs is 1. The quantitative estimate of drug-likeness (QED) is 0.880. The molecule has 1 heterocycles. The number of halogens is 1. The molecule has 0 saturated carbocycles. The summed E-state index contributed by atoms with van der Waals surface area (Å²) in [5.41, 5.74) is 3.21. The van der Waals surface area contributed by atoms with Crippen molar-refractivity contribution in [1.29, 1.82) is 0 Å². The van der Waals surface area contributed by atoms with Crippen LogP contribution >= 0.6 is 0 Å². The Morgan fingerprint density at radius 3 is 2.90 bits per heavy atom. The van der Waals surface area contributed by atoms with E-state index in [4.69, 9.17) is 0 Å². The topological polar surface area (TPSA) is 41.1 Å². The second-order valence-corrected chi connectivity index (χ2v) is 5.03. The molecule has 0 aliphatic carbocycles. The highest BCUT2D eigenvalue weighted by Crippen LogP contribution is 2.26. The second-order valence-electron chi connectivity index (χ2n) is 5.03. The number of carbonyl (C=O) groups is 1. The number of carbonyl (C=O) groups excluding carboxylic acids is 1. The van der Waals surface area contributed by atoms with Crippen molar-refractivity contribution < 1.29 is 9.18 Å². The molecule has 20 heavy (non-hydrogen) atoms. The SMILES string of the molecule is Cc1ccc(F)c(NC(=O)C2Cc3ccccc3N2)c1. The average Bonchev–Trinajstić information content (AvgIpc) is 2.87. The number of amides is 1. The van der Waals surface area contributed by atoms with Gasteiger partial charge in [0, 0.05) is 12.1 Å². The van der Waals surface area contributed by atoms with Crippen LogP contribution in [0.3, 0.4) is 0 Å². The van der Waals surface area contributed by atoms with E-state index in [9.17, 15) is 9.18 Å². The summed E-state index contributed by atoms with van der Waals surface area (Å²) >= 11 is 0. The molecule has 3 nitrogen and oxygen atoms in total. The van der Waals surface area contributed by atoms with Crippen LogP contribution in [0.2, 0.25) is 0 Å². The molecule has 3 rings (SSSR count). The van der Waals surface area contributed by atoms with Crippen molar-refractivity contribution >= 4 is 17.3 Å². The van der Waals surface area contributed by atoms with Gasteiger partial charge in [0.05, 0.1) is 5.69 Å². The van der Waals surface area contributed by atoms with Crippen molar-refractivity contribution in [3.05, 3.63) is 59.4 Å². The molecule has 4 heteroatoms. The molecular formula is C16H15FN2O. The van der Waals surface area contributed by atoms with Crippen LogP contribution < -0.4 is 10.6 Å². The number of hydrogen-bond donors (Lipinski definition) is 2. The lowest BCUT2D eigenvalue weighted by Gasteiger charge is -2.13. The molecule has 2 aromatic carbocycles. The average molecular weight is 270 g/mol. The van der Waals surface area contributed by atoms with Gasteiger partial charge in [0.2, 0.25) is 5.91 Å². The van der Waals surface area contributed by atoms with Crippen LogP contribution in [0.15, 0.2) is 42.5 Å². The molecule has 2 N–H and O–H groups in total. The minimum atomic E-state index is -0.417. The highest BCUT2D eigenvalue weighted by molar-refractivity contribution is 5.98. The van der Waals surface area contributed by atoms with E-state index in [0.717, 1.165) is 16.8 Å². The maximum Gasteiger partial charge on any atom is 0.247 e. The van der Waals surface area contributed by atoms with E-state index in [0.29, 0.717) is 6.42 Å². The van der Waals surface area contributed by atoms with Gasteiger partial charge in [0.25, 0.3) is 0 Å². The van der Waals surface area contributed by atoms with Crippen LogP contribution in [0.5, 0.6) is 0 Å². The van der Waals surface area contributed by atoms with Crippen LogP contribution in [0.25, 0.3) is 0 Å². The largest absolute Gasteiger partial charge is 0.373 e. The van der Waals surface area contributed by atoms with Gasteiger partial charge in [-0.1, -0.05) is 24.3 Å². The van der Waals surface area contributed by atoms with Gasteiger partial charge in [0.15, 0.2) is 0 Å². The monoisotopic (exact) mass is 270 g/mol. The minimum Gasteiger partial charge on any atom is -0.373 e. The number of benzene rings is 2. The number of hydrogen-bond acceptors (Lipinski definition) is 2. The molecule has 0 radical (unpaired) electrons. The van der Waals surface area contributed by atoms with Gasteiger partial charge < -0.3 is 10.6 Å². The Kier molecular flexibility index (Phi) is 3.14. The fourth-order valence-corrected chi connectivity index (χ4v) is 2.41. The van der Waals surface area contributed by atoms with Crippen molar-refractivity contribution in [2.45, 2.75) is 19.4 Å². The lowest BCUT2D eigenvalue weighted by atomic mass is 10.1. The Hall–Kier alpha value is -2.36. The summed E-state index contributed by atoms with van der Waals surface area (Å²) in [6, 6.07) is 12.1. The zero-order valence-corrected chi connectivity index (χ0v) is 11.1. The highest BCUT2D eigenvalue weighted by Gasteiger charge is 2.26. The third-order valence-corrected chi connectivity index (χ3v) is 3.47. The highest BCUT2D eigenvalue weighted by atomic mass is 19.1. The Balaban J connectivity index is 1.74. The predicted octanol–water partition coefficient (Wildman–Crippen LogP) is 3.11. The first-order valence-corrected chi connectivity index (χ1v) is 6.55. The zero-order valence-electron chi connectivity index (χ0n) is 11.1. The van der Waals surface area contributed by atoms with Gasteiger partial charge in [-0.3, -0.25) is 4.79 Å². The maximum atomic E-state index is 13.6. The first-order chi connectivity index (χ1) is 9.63. The Bertz CT molecular complexity index is 644. The molecule has 1 amide bonds. The molecule has 0 spiro atoms. The second kappa shape index (κ2) is 4.96. The Morgan fingerprint density at radius 1 is 1.30 bits per heavy atom. The van der Waals surface area contributed by atoms with E-state index in [-0.39, 0.29) is 17.6 Å². The lowest BCUT2D eigenvalue weighted by molar-refractivity contribution is -0.116. The van der Waals surface area contributed by atoms with E-state index in [1.54, 1.807) is 12.1 Å². The lowest BCUT2D eigenvalue weighted by Crippen LogP contribution is -2.33. The van der Waals surface area contributed by atoms with Gasteiger partial charge in [-0.2, -0.15) is 0 Å². The van der Waals surface area contributed by atoms with Crippen LogP contribution in [-0.2, 0) is 11.2 Å². The molecule has 1 aliphatic heterocycles. The number of aryl methyl sites for hydroxylation is 1. The maximum absolute atomic E-state index is 13.6. The van der Waals surface area contributed by atoms with Crippen LogP contribution in [0, 0.1) is 12.7 Å². The number of para-hydroxylation sites is 1. The molecular weight excluding hydrogens is 255 g/mol. The standard InChI is InChI=1S/C16H15FN2O/c1-10-6-7-12(17)14(8-10)19-16(20)15-9-11-4-2-3-5-13(11)18-15/h2-8,15,18H,9H2,1H3,(H,19,20). The molecule has 102 valence electrons. The first kappa shape index (κ1) is 12.7. The van der Waals surface area contributed by atoms with Crippen LogP contribution in [0.1, 0.15) is 11.1 Å². The molecule has 1 aliphatic rings. The fourth-order valence-electron chi connectivity index (χ4n) is 2.41. The summed E-state index contributed by atoms with van der Waals surface area (Å²) in [6.45, 7) is 1.86. The smallest absolute Gasteiger partial charge is 0.247 e. The van der Waals surface area contributed by atoms with E-state index in [2.05, 4.69) is 10.6 Å². The van der Waals surface area contributed by atoms with E-state index < -0.39 is 5.82 Å². The van der Waals surface area contributed by atoms with Crippen LogP contribution in [0.4, 0.5) is 15.8 Å². The Labute approximate surface area is 116 Å². The predicted molar refractivity (Wildman–Crippen MR) is 77.3 cm³/mol. The zero-order chi connectivity index (χ0) is 14.1. The summed E-state index contributed by atoms with van der Waals surface area (Å²) in [5.74, 6) is -0.634. The molecule has 0 aromatic heterocycles. The normalized spacial score (nSPS) is 16.4.